The fraction of sp³-hybridized carbons (Fsp3) is 0.435. The molecule has 2 aromatic rings. The Kier molecular flexibility index (Phi) is 6.09. The fourth-order valence-electron chi connectivity index (χ4n) is 4.82. The van der Waals surface area contributed by atoms with Crippen molar-refractivity contribution in [3.8, 4) is 11.5 Å². The van der Waals surface area contributed by atoms with Crippen molar-refractivity contribution in [3.63, 3.8) is 0 Å². The molecular weight excluding hydrogens is 416 g/mol. The van der Waals surface area contributed by atoms with Crippen LogP contribution in [0.25, 0.3) is 0 Å². The number of amides is 1. The minimum atomic E-state index is -4.01. The van der Waals surface area contributed by atoms with E-state index >= 15 is 0 Å². The van der Waals surface area contributed by atoms with Gasteiger partial charge in [0, 0.05) is 12.1 Å². The zero-order chi connectivity index (χ0) is 22.0. The van der Waals surface area contributed by atoms with Gasteiger partial charge in [-0.1, -0.05) is 24.6 Å². The van der Waals surface area contributed by atoms with Gasteiger partial charge in [0.25, 0.3) is 10.0 Å². The molecule has 0 heterocycles. The average Bonchev–Trinajstić information content (AvgIpc) is 3.40. The molecule has 2 saturated carbocycles. The van der Waals surface area contributed by atoms with Crippen molar-refractivity contribution in [1.29, 1.82) is 0 Å². The highest BCUT2D eigenvalue weighted by Crippen LogP contribution is 2.44. The summed E-state index contributed by atoms with van der Waals surface area (Å²) < 4.78 is 38.7. The number of ether oxygens (including phenoxy) is 2. The normalized spacial score (nSPS) is 22.2. The Hall–Kier alpha value is -2.74. The van der Waals surface area contributed by atoms with Crippen LogP contribution in [0.4, 0.5) is 5.69 Å². The van der Waals surface area contributed by atoms with Gasteiger partial charge in [-0.15, -0.1) is 0 Å². The van der Waals surface area contributed by atoms with E-state index in [1.165, 1.54) is 32.8 Å². The van der Waals surface area contributed by atoms with Crippen LogP contribution in [0.3, 0.4) is 0 Å². The standard InChI is InChI=1S/C23H28N2O5S/c1-29-21-11-10-19(14-22(21)30-2)31(27,28)25(18-6-4-3-5-7-18)15-23(26)24-20-13-16-8-9-17(20)12-16/h3-7,10-11,14,16-17,20H,8-9,12-13,15H2,1-2H3,(H,24,26)/t16-,17-,20-/m0/s1. The molecule has 0 spiro atoms. The SMILES string of the molecule is COc1ccc(S(=O)(=O)N(CC(=O)N[C@H]2C[C@H]3CC[C@H]2C3)c2ccccc2)cc1OC. The zero-order valence-corrected chi connectivity index (χ0v) is 18.6. The highest BCUT2D eigenvalue weighted by atomic mass is 32.2. The molecule has 31 heavy (non-hydrogen) atoms. The number of anilines is 1. The number of fused-ring (bicyclic) bond motifs is 2. The Bertz CT molecular complexity index is 1040. The van der Waals surface area contributed by atoms with Crippen molar-refractivity contribution in [2.45, 2.75) is 36.6 Å². The zero-order valence-electron chi connectivity index (χ0n) is 17.8. The summed E-state index contributed by atoms with van der Waals surface area (Å²) in [4.78, 5) is 12.9. The second-order valence-electron chi connectivity index (χ2n) is 8.21. The van der Waals surface area contributed by atoms with Crippen molar-refractivity contribution >= 4 is 21.6 Å². The number of hydrogen-bond donors (Lipinski definition) is 1. The molecule has 8 heteroatoms. The summed E-state index contributed by atoms with van der Waals surface area (Å²) in [6.45, 7) is -0.283. The van der Waals surface area contributed by atoms with Gasteiger partial charge in [-0.3, -0.25) is 9.10 Å². The van der Waals surface area contributed by atoms with Crippen molar-refractivity contribution in [1.82, 2.24) is 5.32 Å². The highest BCUT2D eigenvalue weighted by Gasteiger charge is 2.40. The Morgan fingerprint density at radius 2 is 1.77 bits per heavy atom. The monoisotopic (exact) mass is 444 g/mol. The number of benzene rings is 2. The van der Waals surface area contributed by atoms with E-state index in [1.807, 2.05) is 0 Å². The molecule has 0 radical (unpaired) electrons. The maximum absolute atomic E-state index is 13.6. The Balaban J connectivity index is 1.61. The molecule has 4 rings (SSSR count). The van der Waals surface area contributed by atoms with Gasteiger partial charge < -0.3 is 14.8 Å². The van der Waals surface area contributed by atoms with Gasteiger partial charge in [0.05, 0.1) is 24.8 Å². The predicted molar refractivity (Wildman–Crippen MR) is 118 cm³/mol. The number of methoxy groups -OCH3 is 2. The van der Waals surface area contributed by atoms with Gasteiger partial charge in [-0.25, -0.2) is 8.42 Å². The average molecular weight is 445 g/mol. The van der Waals surface area contributed by atoms with Crippen LogP contribution in [-0.4, -0.2) is 41.1 Å². The van der Waals surface area contributed by atoms with E-state index in [1.54, 1.807) is 36.4 Å². The maximum Gasteiger partial charge on any atom is 0.264 e. The molecule has 0 saturated heterocycles. The van der Waals surface area contributed by atoms with E-state index in [2.05, 4.69) is 5.32 Å². The maximum atomic E-state index is 13.6. The largest absolute Gasteiger partial charge is 0.493 e. The number of hydrogen-bond acceptors (Lipinski definition) is 5. The number of carbonyl (C=O) groups excluding carboxylic acids is 1. The summed E-state index contributed by atoms with van der Waals surface area (Å²) in [5.41, 5.74) is 0.431. The lowest BCUT2D eigenvalue weighted by atomic mass is 9.95. The highest BCUT2D eigenvalue weighted by molar-refractivity contribution is 7.92. The summed E-state index contributed by atoms with van der Waals surface area (Å²) in [6, 6.07) is 13.2. The first kappa shape index (κ1) is 21.5. The lowest BCUT2D eigenvalue weighted by Crippen LogP contribution is -2.46. The molecule has 2 aliphatic rings. The lowest BCUT2D eigenvalue weighted by molar-refractivity contribution is -0.120. The molecule has 1 N–H and O–H groups in total. The van der Waals surface area contributed by atoms with Crippen LogP contribution in [0.1, 0.15) is 25.7 Å². The van der Waals surface area contributed by atoms with Crippen LogP contribution < -0.4 is 19.1 Å². The summed E-state index contributed by atoms with van der Waals surface area (Å²) in [6.07, 6.45) is 4.53. The first-order valence-corrected chi connectivity index (χ1v) is 12.0. The summed E-state index contributed by atoms with van der Waals surface area (Å²) >= 11 is 0. The number of rotatable bonds is 8. The number of sulfonamides is 1. The van der Waals surface area contributed by atoms with Crippen LogP contribution in [0.2, 0.25) is 0 Å². The van der Waals surface area contributed by atoms with E-state index in [0.29, 0.717) is 29.0 Å². The van der Waals surface area contributed by atoms with Gasteiger partial charge in [-0.05, 0) is 55.4 Å². The van der Waals surface area contributed by atoms with Crippen LogP contribution in [0.15, 0.2) is 53.4 Å². The van der Waals surface area contributed by atoms with Gasteiger partial charge in [0.1, 0.15) is 6.54 Å². The van der Waals surface area contributed by atoms with Crippen LogP contribution >= 0.6 is 0 Å². The van der Waals surface area contributed by atoms with E-state index in [9.17, 15) is 13.2 Å². The minimum absolute atomic E-state index is 0.0294. The number of para-hydroxylation sites is 1. The second kappa shape index (κ2) is 8.78. The van der Waals surface area contributed by atoms with E-state index in [-0.39, 0.29) is 23.4 Å². The van der Waals surface area contributed by atoms with Crippen molar-refractivity contribution in [2.75, 3.05) is 25.1 Å². The molecule has 0 aromatic heterocycles. The number of carbonyl (C=O) groups is 1. The van der Waals surface area contributed by atoms with Gasteiger partial charge in [0.2, 0.25) is 5.91 Å². The quantitative estimate of drug-likeness (QED) is 0.676. The molecular formula is C23H28N2O5S. The summed E-state index contributed by atoms with van der Waals surface area (Å²) in [5, 5.41) is 3.09. The van der Waals surface area contributed by atoms with Gasteiger partial charge in [0.15, 0.2) is 11.5 Å². The second-order valence-corrected chi connectivity index (χ2v) is 10.1. The Labute approximate surface area is 183 Å². The molecule has 0 aliphatic heterocycles. The van der Waals surface area contributed by atoms with Crippen LogP contribution in [0, 0.1) is 11.8 Å². The Morgan fingerprint density at radius 3 is 2.39 bits per heavy atom. The number of nitrogens with zero attached hydrogens (tertiary/aromatic N) is 1. The van der Waals surface area contributed by atoms with Crippen LogP contribution in [0.5, 0.6) is 11.5 Å². The summed E-state index contributed by atoms with van der Waals surface area (Å²) in [7, 11) is -1.07. The number of nitrogens with one attached hydrogen (secondary N) is 1. The Morgan fingerprint density at radius 1 is 1.03 bits per heavy atom. The van der Waals surface area contributed by atoms with Gasteiger partial charge in [-0.2, -0.15) is 0 Å². The third-order valence-corrected chi connectivity index (χ3v) is 8.13. The molecule has 2 aromatic carbocycles. The van der Waals surface area contributed by atoms with Crippen molar-refractivity contribution < 1.29 is 22.7 Å². The fourth-order valence-corrected chi connectivity index (χ4v) is 6.25. The molecule has 2 aliphatic carbocycles. The third-order valence-electron chi connectivity index (χ3n) is 6.36. The molecule has 2 bridgehead atoms. The van der Waals surface area contributed by atoms with E-state index in [4.69, 9.17) is 9.47 Å². The van der Waals surface area contributed by atoms with E-state index in [0.717, 1.165) is 23.6 Å². The van der Waals surface area contributed by atoms with E-state index < -0.39 is 10.0 Å². The minimum Gasteiger partial charge on any atom is -0.493 e. The first-order valence-electron chi connectivity index (χ1n) is 10.5. The van der Waals surface area contributed by atoms with Crippen molar-refractivity contribution in [3.05, 3.63) is 48.5 Å². The van der Waals surface area contributed by atoms with Gasteiger partial charge >= 0.3 is 0 Å². The molecule has 0 unspecified atom stereocenters. The van der Waals surface area contributed by atoms with Crippen molar-refractivity contribution in [2.24, 2.45) is 11.8 Å². The van der Waals surface area contributed by atoms with Crippen LogP contribution in [-0.2, 0) is 14.8 Å². The predicted octanol–water partition coefficient (Wildman–Crippen LogP) is 3.20. The topological polar surface area (TPSA) is 84.9 Å². The summed E-state index contributed by atoms with van der Waals surface area (Å²) in [5.74, 6) is 1.66. The smallest absolute Gasteiger partial charge is 0.264 e. The molecule has 7 nitrogen and oxygen atoms in total. The lowest BCUT2D eigenvalue weighted by Gasteiger charge is -2.27. The molecule has 3 atom stereocenters. The molecule has 1 amide bonds. The molecule has 2 fully saturated rings. The first-order chi connectivity index (χ1) is 14.9. The molecule has 166 valence electrons. The third kappa shape index (κ3) is 4.35.